The molecule has 2 heterocycles. The number of hydrogen-bond donors (Lipinski definition) is 0. The van der Waals surface area contributed by atoms with Gasteiger partial charge in [-0.15, -0.1) is 11.8 Å². The molecule has 1 aromatic rings. The van der Waals surface area contributed by atoms with Gasteiger partial charge < -0.3 is 0 Å². The second-order valence-corrected chi connectivity index (χ2v) is 5.64. The van der Waals surface area contributed by atoms with Crippen molar-refractivity contribution in [3.05, 3.63) is 23.9 Å². The minimum absolute atomic E-state index is 0.585. The van der Waals surface area contributed by atoms with Crippen molar-refractivity contribution < 1.29 is 0 Å². The first-order chi connectivity index (χ1) is 7.81. The lowest BCUT2D eigenvalue weighted by molar-refractivity contribution is 0.187. The Morgan fingerprint density at radius 3 is 2.94 bits per heavy atom. The zero-order valence-corrected chi connectivity index (χ0v) is 11.0. The molecule has 0 spiro atoms. The number of rotatable bonds is 3. The molecule has 0 bridgehead atoms. The van der Waals surface area contributed by atoms with E-state index in [9.17, 15) is 0 Å². The van der Waals surface area contributed by atoms with Crippen LogP contribution in [0.5, 0.6) is 0 Å². The van der Waals surface area contributed by atoms with Crippen molar-refractivity contribution in [2.45, 2.75) is 37.3 Å². The van der Waals surface area contributed by atoms with Crippen molar-refractivity contribution in [1.29, 1.82) is 0 Å². The number of hydrogen-bond acceptors (Lipinski definition) is 3. The van der Waals surface area contributed by atoms with E-state index in [1.54, 1.807) is 11.8 Å². The van der Waals surface area contributed by atoms with Gasteiger partial charge in [-0.1, -0.05) is 19.4 Å². The van der Waals surface area contributed by atoms with E-state index in [0.717, 1.165) is 10.8 Å². The standard InChI is InChI=1S/C13H20N2S/c1-3-16-13-8-7-11(10-14-13)12-6-4-5-9-15(12)2/h7-8,10,12H,3-6,9H2,1-2H3/t12-/m1/s1. The van der Waals surface area contributed by atoms with Gasteiger partial charge in [0.1, 0.15) is 0 Å². The third-order valence-corrected chi connectivity index (χ3v) is 4.03. The fourth-order valence-electron chi connectivity index (χ4n) is 2.32. The smallest absolute Gasteiger partial charge is 0.0959 e. The molecule has 0 amide bonds. The normalized spacial score (nSPS) is 22.2. The summed E-state index contributed by atoms with van der Waals surface area (Å²) < 4.78 is 0. The number of thioether (sulfide) groups is 1. The molecule has 0 unspecified atom stereocenters. The molecule has 0 N–H and O–H groups in total. The average Bonchev–Trinajstić information content (AvgIpc) is 2.31. The topological polar surface area (TPSA) is 16.1 Å². The quantitative estimate of drug-likeness (QED) is 0.749. The number of nitrogens with zero attached hydrogens (tertiary/aromatic N) is 2. The predicted molar refractivity (Wildman–Crippen MR) is 69.9 cm³/mol. The molecule has 1 saturated heterocycles. The highest BCUT2D eigenvalue weighted by Gasteiger charge is 2.20. The molecule has 0 aliphatic carbocycles. The maximum atomic E-state index is 4.51. The first kappa shape index (κ1) is 11.9. The molecule has 1 aromatic heterocycles. The Balaban J connectivity index is 2.08. The van der Waals surface area contributed by atoms with E-state index in [-0.39, 0.29) is 0 Å². The molecule has 1 atom stereocenters. The minimum atomic E-state index is 0.585. The number of likely N-dealkylation sites (tertiary alicyclic amines) is 1. The van der Waals surface area contributed by atoms with Gasteiger partial charge in [-0.05, 0) is 43.8 Å². The van der Waals surface area contributed by atoms with Crippen LogP contribution in [0.1, 0.15) is 37.8 Å². The highest BCUT2D eigenvalue weighted by atomic mass is 32.2. The molecular weight excluding hydrogens is 216 g/mol. The predicted octanol–water partition coefficient (Wildman–Crippen LogP) is 3.35. The Labute approximate surface area is 102 Å². The molecule has 1 aliphatic heterocycles. The van der Waals surface area contributed by atoms with Gasteiger partial charge in [-0.25, -0.2) is 4.98 Å². The van der Waals surface area contributed by atoms with Gasteiger partial charge in [0, 0.05) is 12.2 Å². The van der Waals surface area contributed by atoms with Crippen LogP contribution in [0.4, 0.5) is 0 Å². The molecule has 1 fully saturated rings. The van der Waals surface area contributed by atoms with Crippen LogP contribution in [-0.4, -0.2) is 29.2 Å². The van der Waals surface area contributed by atoms with E-state index in [0.29, 0.717) is 6.04 Å². The Bertz CT molecular complexity index is 323. The molecule has 2 nitrogen and oxygen atoms in total. The van der Waals surface area contributed by atoms with Crippen LogP contribution in [0.3, 0.4) is 0 Å². The van der Waals surface area contributed by atoms with E-state index < -0.39 is 0 Å². The summed E-state index contributed by atoms with van der Waals surface area (Å²) >= 11 is 1.81. The number of piperidine rings is 1. The van der Waals surface area contributed by atoms with Crippen molar-refractivity contribution in [3.63, 3.8) is 0 Å². The van der Waals surface area contributed by atoms with Crippen molar-refractivity contribution in [3.8, 4) is 0 Å². The zero-order chi connectivity index (χ0) is 11.4. The maximum Gasteiger partial charge on any atom is 0.0959 e. The van der Waals surface area contributed by atoms with E-state index in [1.807, 2.05) is 0 Å². The van der Waals surface area contributed by atoms with Gasteiger partial charge in [0.05, 0.1) is 5.03 Å². The second kappa shape index (κ2) is 5.69. The summed E-state index contributed by atoms with van der Waals surface area (Å²) in [5.74, 6) is 1.09. The lowest BCUT2D eigenvalue weighted by Gasteiger charge is -2.32. The van der Waals surface area contributed by atoms with Gasteiger partial charge in [-0.2, -0.15) is 0 Å². The lowest BCUT2D eigenvalue weighted by Crippen LogP contribution is -2.29. The molecule has 0 saturated carbocycles. The third kappa shape index (κ3) is 2.77. The second-order valence-electron chi connectivity index (χ2n) is 4.35. The van der Waals surface area contributed by atoms with Crippen molar-refractivity contribution in [2.24, 2.45) is 0 Å². The van der Waals surface area contributed by atoms with Crippen LogP contribution in [-0.2, 0) is 0 Å². The molecule has 0 radical (unpaired) electrons. The molecular formula is C13H20N2S. The summed E-state index contributed by atoms with van der Waals surface area (Å²) in [4.78, 5) is 6.97. The molecule has 88 valence electrons. The lowest BCUT2D eigenvalue weighted by atomic mass is 9.97. The molecule has 16 heavy (non-hydrogen) atoms. The Kier molecular flexibility index (Phi) is 4.24. The molecule has 1 aliphatic rings. The highest BCUT2D eigenvalue weighted by Crippen LogP contribution is 2.29. The fourth-order valence-corrected chi connectivity index (χ4v) is 2.91. The first-order valence-electron chi connectivity index (χ1n) is 6.10. The maximum absolute atomic E-state index is 4.51. The Morgan fingerprint density at radius 1 is 1.44 bits per heavy atom. The van der Waals surface area contributed by atoms with Gasteiger partial charge in [0.15, 0.2) is 0 Å². The number of aromatic nitrogens is 1. The molecule has 3 heteroatoms. The summed E-state index contributed by atoms with van der Waals surface area (Å²) in [7, 11) is 2.22. The van der Waals surface area contributed by atoms with Crippen LogP contribution in [0.15, 0.2) is 23.4 Å². The van der Waals surface area contributed by atoms with Crippen LogP contribution in [0.2, 0.25) is 0 Å². The summed E-state index contributed by atoms with van der Waals surface area (Å²) in [6.45, 7) is 3.38. The van der Waals surface area contributed by atoms with Gasteiger partial charge in [-0.3, -0.25) is 4.90 Å². The average molecular weight is 236 g/mol. The van der Waals surface area contributed by atoms with E-state index in [2.05, 4.69) is 42.2 Å². The van der Waals surface area contributed by atoms with Crippen LogP contribution in [0.25, 0.3) is 0 Å². The summed E-state index contributed by atoms with van der Waals surface area (Å²) in [6, 6.07) is 4.99. The Hall–Kier alpha value is -0.540. The van der Waals surface area contributed by atoms with E-state index in [1.165, 1.54) is 31.4 Å². The van der Waals surface area contributed by atoms with Crippen molar-refractivity contribution >= 4 is 11.8 Å². The van der Waals surface area contributed by atoms with Crippen molar-refractivity contribution in [1.82, 2.24) is 9.88 Å². The monoisotopic (exact) mass is 236 g/mol. The van der Waals surface area contributed by atoms with Gasteiger partial charge >= 0.3 is 0 Å². The first-order valence-corrected chi connectivity index (χ1v) is 7.09. The van der Waals surface area contributed by atoms with Crippen LogP contribution < -0.4 is 0 Å². The summed E-state index contributed by atoms with van der Waals surface area (Å²) in [6.07, 6.45) is 6.02. The SMILES string of the molecule is CCSc1ccc([C@H]2CCCCN2C)cn1. The molecule has 2 rings (SSSR count). The van der Waals surface area contributed by atoms with E-state index in [4.69, 9.17) is 0 Å². The summed E-state index contributed by atoms with van der Waals surface area (Å²) in [5.41, 5.74) is 1.38. The number of pyridine rings is 1. The summed E-state index contributed by atoms with van der Waals surface area (Å²) in [5, 5.41) is 1.14. The fraction of sp³-hybridized carbons (Fsp3) is 0.615. The van der Waals surface area contributed by atoms with Crippen LogP contribution >= 0.6 is 11.8 Å². The minimum Gasteiger partial charge on any atom is -0.299 e. The highest BCUT2D eigenvalue weighted by molar-refractivity contribution is 7.99. The van der Waals surface area contributed by atoms with Gasteiger partial charge in [0.25, 0.3) is 0 Å². The van der Waals surface area contributed by atoms with E-state index >= 15 is 0 Å². The Morgan fingerprint density at radius 2 is 2.31 bits per heavy atom. The zero-order valence-electron chi connectivity index (χ0n) is 10.1. The third-order valence-electron chi connectivity index (χ3n) is 3.21. The van der Waals surface area contributed by atoms with Crippen LogP contribution in [0, 0.1) is 0 Å². The van der Waals surface area contributed by atoms with Gasteiger partial charge in [0.2, 0.25) is 0 Å². The largest absolute Gasteiger partial charge is 0.299 e. The van der Waals surface area contributed by atoms with Crippen molar-refractivity contribution in [2.75, 3.05) is 19.3 Å². The molecule has 0 aromatic carbocycles.